The molecule has 0 aliphatic heterocycles. The zero-order valence-corrected chi connectivity index (χ0v) is 11.3. The van der Waals surface area contributed by atoms with Gasteiger partial charge in [-0.1, -0.05) is 25.7 Å². The highest BCUT2D eigenvalue weighted by Gasteiger charge is 2.20. The summed E-state index contributed by atoms with van der Waals surface area (Å²) in [5.41, 5.74) is 0. The lowest BCUT2D eigenvalue weighted by molar-refractivity contribution is -0.132. The first-order valence-corrected chi connectivity index (χ1v) is 6.16. The molecule has 96 valence electrons. The second-order valence-electron chi connectivity index (χ2n) is 4.50. The summed E-state index contributed by atoms with van der Waals surface area (Å²) in [6, 6.07) is 0.497. The van der Waals surface area contributed by atoms with Crippen molar-refractivity contribution in [2.75, 3.05) is 20.6 Å². The number of hydrogen-bond donors (Lipinski definition) is 1. The van der Waals surface area contributed by atoms with Crippen LogP contribution in [0.5, 0.6) is 0 Å². The molecule has 1 N–H and O–H groups in total. The van der Waals surface area contributed by atoms with Gasteiger partial charge < -0.3 is 10.2 Å². The minimum atomic E-state index is 0. The molecule has 0 atom stereocenters. The third-order valence-electron chi connectivity index (χ3n) is 3.35. The van der Waals surface area contributed by atoms with E-state index in [4.69, 9.17) is 0 Å². The molecule has 0 unspecified atom stereocenters. The molecule has 1 aliphatic carbocycles. The van der Waals surface area contributed by atoms with Gasteiger partial charge in [-0.05, 0) is 19.9 Å². The number of carbonyl (C=O) groups excluding carboxylic acids is 1. The molecule has 1 amide bonds. The molecular formula is C12H25ClN2O. The lowest BCUT2D eigenvalue weighted by Crippen LogP contribution is -2.37. The Labute approximate surface area is 105 Å². The van der Waals surface area contributed by atoms with Crippen LogP contribution < -0.4 is 5.32 Å². The molecule has 0 aromatic rings. The smallest absolute Gasteiger partial charge is 0.223 e. The highest BCUT2D eigenvalue weighted by molar-refractivity contribution is 5.85. The van der Waals surface area contributed by atoms with Crippen molar-refractivity contribution in [1.82, 2.24) is 10.2 Å². The summed E-state index contributed by atoms with van der Waals surface area (Å²) in [5, 5.41) is 3.02. The lowest BCUT2D eigenvalue weighted by atomic mass is 10.1. The van der Waals surface area contributed by atoms with E-state index in [1.54, 1.807) is 0 Å². The second kappa shape index (κ2) is 8.82. The van der Waals surface area contributed by atoms with Crippen LogP contribution in [0.15, 0.2) is 0 Å². The number of rotatable bonds is 4. The third kappa shape index (κ3) is 5.17. The molecule has 1 fully saturated rings. The molecule has 4 heteroatoms. The normalized spacial score (nSPS) is 17.4. The van der Waals surface area contributed by atoms with Crippen LogP contribution in [0.25, 0.3) is 0 Å². The van der Waals surface area contributed by atoms with E-state index in [0.717, 1.165) is 6.54 Å². The first-order chi connectivity index (χ1) is 7.25. The van der Waals surface area contributed by atoms with Crippen molar-refractivity contribution in [2.24, 2.45) is 0 Å². The van der Waals surface area contributed by atoms with Crippen LogP contribution in [0.4, 0.5) is 0 Å². The van der Waals surface area contributed by atoms with Gasteiger partial charge in [0.2, 0.25) is 5.91 Å². The van der Waals surface area contributed by atoms with Crippen molar-refractivity contribution in [3.63, 3.8) is 0 Å². The minimum absolute atomic E-state index is 0. The molecular weight excluding hydrogens is 224 g/mol. The Hall–Kier alpha value is -0.280. The van der Waals surface area contributed by atoms with Gasteiger partial charge in [0.15, 0.2) is 0 Å². The van der Waals surface area contributed by atoms with Gasteiger partial charge in [0, 0.05) is 26.1 Å². The van der Waals surface area contributed by atoms with E-state index in [1.165, 1.54) is 38.5 Å². The van der Waals surface area contributed by atoms with Gasteiger partial charge in [-0.15, -0.1) is 12.4 Å². The lowest BCUT2D eigenvalue weighted by Gasteiger charge is -2.27. The largest absolute Gasteiger partial charge is 0.343 e. The summed E-state index contributed by atoms with van der Waals surface area (Å²) in [6.07, 6.45) is 8.28. The van der Waals surface area contributed by atoms with Gasteiger partial charge in [-0.25, -0.2) is 0 Å². The molecule has 0 spiro atoms. The maximum atomic E-state index is 11.8. The summed E-state index contributed by atoms with van der Waals surface area (Å²) < 4.78 is 0. The summed E-state index contributed by atoms with van der Waals surface area (Å²) >= 11 is 0. The first kappa shape index (κ1) is 15.7. The zero-order valence-electron chi connectivity index (χ0n) is 10.5. The predicted molar refractivity (Wildman–Crippen MR) is 70.1 cm³/mol. The zero-order chi connectivity index (χ0) is 11.1. The molecule has 0 aromatic carbocycles. The van der Waals surface area contributed by atoms with Crippen LogP contribution in [-0.2, 0) is 4.79 Å². The first-order valence-electron chi connectivity index (χ1n) is 6.16. The van der Waals surface area contributed by atoms with Gasteiger partial charge >= 0.3 is 0 Å². The SMILES string of the molecule is CNCCC(=O)N(C)C1CCCCCC1.Cl. The molecule has 0 bridgehead atoms. The number of hydrogen-bond acceptors (Lipinski definition) is 2. The van der Waals surface area contributed by atoms with E-state index in [1.807, 2.05) is 19.0 Å². The van der Waals surface area contributed by atoms with E-state index in [2.05, 4.69) is 5.32 Å². The van der Waals surface area contributed by atoms with Gasteiger partial charge in [0.1, 0.15) is 0 Å². The van der Waals surface area contributed by atoms with Gasteiger partial charge in [0.05, 0.1) is 0 Å². The quantitative estimate of drug-likeness (QED) is 0.774. The number of nitrogens with one attached hydrogen (secondary N) is 1. The van der Waals surface area contributed by atoms with Crippen molar-refractivity contribution in [1.29, 1.82) is 0 Å². The van der Waals surface area contributed by atoms with Gasteiger partial charge in [-0.3, -0.25) is 4.79 Å². The number of carbonyl (C=O) groups is 1. The minimum Gasteiger partial charge on any atom is -0.343 e. The van der Waals surface area contributed by atoms with Crippen molar-refractivity contribution in [3.05, 3.63) is 0 Å². The van der Waals surface area contributed by atoms with Crippen molar-refractivity contribution in [3.8, 4) is 0 Å². The van der Waals surface area contributed by atoms with Crippen LogP contribution in [0.1, 0.15) is 44.9 Å². The van der Waals surface area contributed by atoms with E-state index >= 15 is 0 Å². The number of halogens is 1. The van der Waals surface area contributed by atoms with E-state index in [-0.39, 0.29) is 18.3 Å². The maximum Gasteiger partial charge on any atom is 0.223 e. The fourth-order valence-electron chi connectivity index (χ4n) is 2.26. The highest BCUT2D eigenvalue weighted by atomic mass is 35.5. The fraction of sp³-hybridized carbons (Fsp3) is 0.917. The molecule has 0 heterocycles. The maximum absolute atomic E-state index is 11.8. The second-order valence-corrected chi connectivity index (χ2v) is 4.50. The van der Waals surface area contributed by atoms with Crippen LogP contribution in [0.3, 0.4) is 0 Å². The topological polar surface area (TPSA) is 32.3 Å². The van der Waals surface area contributed by atoms with E-state index in [9.17, 15) is 4.79 Å². The summed E-state index contributed by atoms with van der Waals surface area (Å²) in [5.74, 6) is 0.288. The van der Waals surface area contributed by atoms with Gasteiger partial charge in [0.25, 0.3) is 0 Å². The standard InChI is InChI=1S/C12H24N2O.ClH/c1-13-10-9-12(15)14(2)11-7-5-3-4-6-8-11;/h11,13H,3-10H2,1-2H3;1H. The summed E-state index contributed by atoms with van der Waals surface area (Å²) in [6.45, 7) is 0.788. The molecule has 0 radical (unpaired) electrons. The summed E-state index contributed by atoms with van der Waals surface area (Å²) in [4.78, 5) is 13.8. The Kier molecular flexibility index (Phi) is 8.67. The van der Waals surface area contributed by atoms with Gasteiger partial charge in [-0.2, -0.15) is 0 Å². The molecule has 0 aromatic heterocycles. The van der Waals surface area contributed by atoms with E-state index in [0.29, 0.717) is 12.5 Å². The van der Waals surface area contributed by atoms with Crippen LogP contribution in [0.2, 0.25) is 0 Å². The Morgan fingerprint density at radius 1 is 1.25 bits per heavy atom. The third-order valence-corrected chi connectivity index (χ3v) is 3.35. The molecule has 1 aliphatic rings. The van der Waals surface area contributed by atoms with Crippen molar-refractivity contribution >= 4 is 18.3 Å². The Morgan fingerprint density at radius 3 is 2.31 bits per heavy atom. The molecule has 0 saturated heterocycles. The van der Waals surface area contributed by atoms with Crippen molar-refractivity contribution < 1.29 is 4.79 Å². The molecule has 1 rings (SSSR count). The Morgan fingerprint density at radius 2 is 1.81 bits per heavy atom. The monoisotopic (exact) mass is 248 g/mol. The fourth-order valence-corrected chi connectivity index (χ4v) is 2.26. The van der Waals surface area contributed by atoms with Crippen LogP contribution in [-0.4, -0.2) is 37.5 Å². The molecule has 1 saturated carbocycles. The Bertz CT molecular complexity index is 191. The summed E-state index contributed by atoms with van der Waals surface area (Å²) in [7, 11) is 3.85. The number of nitrogens with zero attached hydrogens (tertiary/aromatic N) is 1. The number of amides is 1. The Balaban J connectivity index is 0.00000225. The average Bonchev–Trinajstić information content (AvgIpc) is 2.53. The average molecular weight is 249 g/mol. The molecule has 16 heavy (non-hydrogen) atoms. The highest BCUT2D eigenvalue weighted by Crippen LogP contribution is 2.21. The van der Waals surface area contributed by atoms with E-state index < -0.39 is 0 Å². The predicted octanol–water partition coefficient (Wildman–Crippen LogP) is 2.20. The molecule has 3 nitrogen and oxygen atoms in total. The van der Waals surface area contributed by atoms with Crippen LogP contribution >= 0.6 is 12.4 Å². The van der Waals surface area contributed by atoms with Crippen LogP contribution in [0, 0.1) is 0 Å². The van der Waals surface area contributed by atoms with Crippen molar-refractivity contribution in [2.45, 2.75) is 51.0 Å².